The van der Waals surface area contributed by atoms with Crippen molar-refractivity contribution >= 4 is 11.6 Å². The van der Waals surface area contributed by atoms with Gasteiger partial charge in [0.05, 0.1) is 11.6 Å². The molecule has 0 bridgehead atoms. The molecule has 0 unspecified atom stereocenters. The Bertz CT molecular complexity index is 640. The van der Waals surface area contributed by atoms with Crippen LogP contribution in [0.5, 0.6) is 0 Å². The second kappa shape index (κ2) is 5.58. The topological polar surface area (TPSA) is 28.7 Å². The zero-order chi connectivity index (χ0) is 13.8. The lowest BCUT2D eigenvalue weighted by atomic mass is 10.0. The molecule has 0 aliphatic carbocycles. The summed E-state index contributed by atoms with van der Waals surface area (Å²) in [6.07, 6.45) is 1.98. The van der Waals surface area contributed by atoms with E-state index >= 15 is 0 Å². The lowest BCUT2D eigenvalue weighted by Gasteiger charge is -2.04. The summed E-state index contributed by atoms with van der Waals surface area (Å²) in [5, 5.41) is 9.34. The SMILES string of the molecule is CCn1c(C)cc(C=C(C#N)c2ccccc2)c1C. The molecule has 0 saturated carbocycles. The number of hydrogen-bond acceptors (Lipinski definition) is 1. The number of nitriles is 1. The molecule has 0 spiro atoms. The Morgan fingerprint density at radius 1 is 1.26 bits per heavy atom. The first-order valence-corrected chi connectivity index (χ1v) is 6.51. The summed E-state index contributed by atoms with van der Waals surface area (Å²) in [5.41, 5.74) is 5.24. The van der Waals surface area contributed by atoms with Crippen LogP contribution in [0.4, 0.5) is 0 Å². The van der Waals surface area contributed by atoms with Crippen molar-refractivity contribution in [3.8, 4) is 6.07 Å². The second-order valence-electron chi connectivity index (χ2n) is 4.61. The van der Waals surface area contributed by atoms with Crippen LogP contribution in [0.1, 0.15) is 29.4 Å². The van der Waals surface area contributed by atoms with Crippen LogP contribution < -0.4 is 0 Å². The Balaban J connectivity index is 2.48. The third-order valence-corrected chi connectivity index (χ3v) is 3.43. The van der Waals surface area contributed by atoms with Gasteiger partial charge < -0.3 is 4.57 Å². The fourth-order valence-corrected chi connectivity index (χ4v) is 2.41. The maximum Gasteiger partial charge on any atom is 0.0998 e. The summed E-state index contributed by atoms with van der Waals surface area (Å²) < 4.78 is 2.26. The smallest absolute Gasteiger partial charge is 0.0998 e. The van der Waals surface area contributed by atoms with E-state index in [-0.39, 0.29) is 0 Å². The van der Waals surface area contributed by atoms with Gasteiger partial charge in [-0.25, -0.2) is 0 Å². The largest absolute Gasteiger partial charge is 0.349 e. The van der Waals surface area contributed by atoms with Gasteiger partial charge in [-0.2, -0.15) is 5.26 Å². The lowest BCUT2D eigenvalue weighted by molar-refractivity contribution is 0.718. The van der Waals surface area contributed by atoms with E-state index in [1.165, 1.54) is 11.4 Å². The maximum atomic E-state index is 9.34. The molecule has 96 valence electrons. The minimum Gasteiger partial charge on any atom is -0.349 e. The van der Waals surface area contributed by atoms with E-state index in [1.54, 1.807) is 0 Å². The van der Waals surface area contributed by atoms with Gasteiger partial charge in [0.2, 0.25) is 0 Å². The number of allylic oxidation sites excluding steroid dienone is 1. The summed E-state index contributed by atoms with van der Waals surface area (Å²) >= 11 is 0. The molecule has 0 saturated heterocycles. The Labute approximate surface area is 114 Å². The molecule has 0 radical (unpaired) electrons. The molecule has 0 N–H and O–H groups in total. The Kier molecular flexibility index (Phi) is 3.87. The van der Waals surface area contributed by atoms with Crippen molar-refractivity contribution in [3.63, 3.8) is 0 Å². The molecule has 1 aromatic heterocycles. The van der Waals surface area contributed by atoms with Gasteiger partial charge >= 0.3 is 0 Å². The molecule has 0 aliphatic heterocycles. The summed E-state index contributed by atoms with van der Waals surface area (Å²) in [4.78, 5) is 0. The zero-order valence-electron chi connectivity index (χ0n) is 11.6. The van der Waals surface area contributed by atoms with E-state index in [1.807, 2.05) is 36.4 Å². The molecule has 2 nitrogen and oxygen atoms in total. The van der Waals surface area contributed by atoms with E-state index < -0.39 is 0 Å². The van der Waals surface area contributed by atoms with Crippen LogP contribution in [0.15, 0.2) is 36.4 Å². The average Bonchev–Trinajstić information content (AvgIpc) is 2.71. The molecule has 1 aromatic carbocycles. The number of hydrogen-bond donors (Lipinski definition) is 0. The predicted octanol–water partition coefficient (Wildman–Crippen LogP) is 4.19. The van der Waals surface area contributed by atoms with Gasteiger partial charge in [0.1, 0.15) is 0 Å². The molecule has 0 amide bonds. The first-order valence-electron chi connectivity index (χ1n) is 6.51. The number of aromatic nitrogens is 1. The van der Waals surface area contributed by atoms with Crippen molar-refractivity contribution in [3.05, 3.63) is 58.9 Å². The van der Waals surface area contributed by atoms with Crippen LogP contribution in [0.25, 0.3) is 11.6 Å². The summed E-state index contributed by atoms with van der Waals surface area (Å²) in [7, 11) is 0. The molecule has 2 heteroatoms. The van der Waals surface area contributed by atoms with E-state index in [0.717, 1.165) is 17.7 Å². The van der Waals surface area contributed by atoms with Gasteiger partial charge in [-0.1, -0.05) is 30.3 Å². The van der Waals surface area contributed by atoms with Crippen LogP contribution in [-0.2, 0) is 6.54 Å². The van der Waals surface area contributed by atoms with Crippen LogP contribution in [0.3, 0.4) is 0 Å². The van der Waals surface area contributed by atoms with E-state index in [4.69, 9.17) is 0 Å². The molecule has 0 atom stereocenters. The lowest BCUT2D eigenvalue weighted by Crippen LogP contribution is -1.98. The fraction of sp³-hybridized carbons (Fsp3) is 0.235. The first-order chi connectivity index (χ1) is 9.17. The number of aryl methyl sites for hydroxylation is 1. The Hall–Kier alpha value is -2.27. The van der Waals surface area contributed by atoms with Crippen molar-refractivity contribution in [1.82, 2.24) is 4.57 Å². The van der Waals surface area contributed by atoms with Gasteiger partial charge in [-0.3, -0.25) is 0 Å². The summed E-state index contributed by atoms with van der Waals surface area (Å²) in [5.74, 6) is 0. The van der Waals surface area contributed by atoms with Crippen molar-refractivity contribution in [2.24, 2.45) is 0 Å². The molecule has 1 heterocycles. The van der Waals surface area contributed by atoms with Crippen LogP contribution in [0.2, 0.25) is 0 Å². The molecule has 0 aliphatic rings. The predicted molar refractivity (Wildman–Crippen MR) is 79.5 cm³/mol. The minimum atomic E-state index is 0.706. The maximum absolute atomic E-state index is 9.34. The van der Waals surface area contributed by atoms with Gasteiger partial charge in [0.15, 0.2) is 0 Å². The average molecular weight is 250 g/mol. The first kappa shape index (κ1) is 13.2. The number of nitrogens with zero attached hydrogens (tertiary/aromatic N) is 2. The second-order valence-corrected chi connectivity index (χ2v) is 4.61. The number of rotatable bonds is 3. The highest BCUT2D eigenvalue weighted by Gasteiger charge is 2.07. The van der Waals surface area contributed by atoms with E-state index in [0.29, 0.717) is 5.57 Å². The van der Waals surface area contributed by atoms with Crippen molar-refractivity contribution in [2.45, 2.75) is 27.3 Å². The van der Waals surface area contributed by atoms with Gasteiger partial charge in [0.25, 0.3) is 0 Å². The molecule has 2 aromatic rings. The third kappa shape index (κ3) is 2.61. The molecule has 2 rings (SSSR count). The van der Waals surface area contributed by atoms with E-state index in [9.17, 15) is 5.26 Å². The van der Waals surface area contributed by atoms with Crippen LogP contribution >= 0.6 is 0 Å². The van der Waals surface area contributed by atoms with Crippen LogP contribution in [-0.4, -0.2) is 4.57 Å². The minimum absolute atomic E-state index is 0.706. The highest BCUT2D eigenvalue weighted by molar-refractivity contribution is 5.90. The molecule has 19 heavy (non-hydrogen) atoms. The number of benzene rings is 1. The van der Waals surface area contributed by atoms with Crippen molar-refractivity contribution < 1.29 is 0 Å². The quantitative estimate of drug-likeness (QED) is 0.751. The normalized spacial score (nSPS) is 11.4. The van der Waals surface area contributed by atoms with Crippen molar-refractivity contribution in [2.75, 3.05) is 0 Å². The van der Waals surface area contributed by atoms with Crippen LogP contribution in [0, 0.1) is 25.2 Å². The van der Waals surface area contributed by atoms with Gasteiger partial charge in [-0.05, 0) is 44.0 Å². The van der Waals surface area contributed by atoms with Crippen molar-refractivity contribution in [1.29, 1.82) is 5.26 Å². The van der Waals surface area contributed by atoms with Gasteiger partial charge in [0, 0.05) is 17.9 Å². The highest BCUT2D eigenvalue weighted by atomic mass is 15.0. The summed E-state index contributed by atoms with van der Waals surface area (Å²) in [6.45, 7) is 7.29. The molecular weight excluding hydrogens is 232 g/mol. The highest BCUT2D eigenvalue weighted by Crippen LogP contribution is 2.22. The zero-order valence-corrected chi connectivity index (χ0v) is 11.6. The molecule has 0 fully saturated rings. The van der Waals surface area contributed by atoms with Gasteiger partial charge in [-0.15, -0.1) is 0 Å². The van der Waals surface area contributed by atoms with E-state index in [2.05, 4.69) is 37.5 Å². The molecular formula is C17H18N2. The summed E-state index contributed by atoms with van der Waals surface area (Å²) in [6, 6.07) is 14.2. The monoisotopic (exact) mass is 250 g/mol. The fourth-order valence-electron chi connectivity index (χ4n) is 2.41. The Morgan fingerprint density at radius 2 is 1.95 bits per heavy atom. The standard InChI is InChI=1S/C17H18N2/c1-4-19-13(2)10-16(14(19)3)11-17(12-18)15-8-6-5-7-9-15/h5-11H,4H2,1-3H3. The third-order valence-electron chi connectivity index (χ3n) is 3.43. The Morgan fingerprint density at radius 3 is 2.47 bits per heavy atom.